The summed E-state index contributed by atoms with van der Waals surface area (Å²) in [6.45, 7) is 0. The third kappa shape index (κ3) is 0.754. The minimum atomic E-state index is 0.804. The molecular formula is C8H7NS2. The number of H-pyrrole nitrogens is 1. The molecule has 1 nitrogen and oxygen atoms in total. The number of pyridine rings is 1. The fourth-order valence-corrected chi connectivity index (χ4v) is 3.39. The van der Waals surface area contributed by atoms with Crippen molar-refractivity contribution in [2.45, 2.75) is 22.5 Å². The number of aromatic amines is 1. The highest BCUT2D eigenvalue weighted by atomic mass is 32.2. The molecule has 2 aliphatic rings. The van der Waals surface area contributed by atoms with E-state index in [1.165, 1.54) is 17.0 Å². The Kier molecular flexibility index (Phi) is 1.08. The van der Waals surface area contributed by atoms with Crippen molar-refractivity contribution in [1.82, 2.24) is 4.98 Å². The molecule has 0 aromatic carbocycles. The number of hydrogen-bond acceptors (Lipinski definition) is 2. The summed E-state index contributed by atoms with van der Waals surface area (Å²) in [5.74, 6) is 0.804. The molecule has 1 aliphatic heterocycles. The Hall–Kier alpha value is -0.280. The number of thioether (sulfide) groups is 1. The number of aromatic nitrogens is 1. The minimum Gasteiger partial charge on any atom is -0.364 e. The Balaban J connectivity index is 2.32. The molecule has 1 aromatic heterocycles. The smallest absolute Gasteiger partial charge is 0.0545 e. The lowest BCUT2D eigenvalue weighted by molar-refractivity contribution is 0.986. The highest BCUT2D eigenvalue weighted by Crippen LogP contribution is 2.59. The monoisotopic (exact) mass is 181 g/mol. The molecule has 56 valence electrons. The first-order chi connectivity index (χ1) is 5.36. The molecule has 2 atom stereocenters. The maximum Gasteiger partial charge on any atom is 0.0545 e. The average molecular weight is 181 g/mol. The van der Waals surface area contributed by atoms with Crippen LogP contribution in [0.3, 0.4) is 0 Å². The van der Waals surface area contributed by atoms with Crippen LogP contribution in [0.15, 0.2) is 17.2 Å². The molecule has 1 aliphatic carbocycles. The second-order valence-corrected chi connectivity index (χ2v) is 4.77. The van der Waals surface area contributed by atoms with E-state index in [-0.39, 0.29) is 0 Å². The van der Waals surface area contributed by atoms with Crippen molar-refractivity contribution in [3.8, 4) is 0 Å². The molecule has 0 radical (unpaired) electrons. The van der Waals surface area contributed by atoms with Crippen LogP contribution in [0.4, 0.5) is 0 Å². The van der Waals surface area contributed by atoms with Crippen LogP contribution in [-0.2, 0) is 0 Å². The predicted molar refractivity (Wildman–Crippen MR) is 48.6 cm³/mol. The summed E-state index contributed by atoms with van der Waals surface area (Å²) in [4.78, 5) is 4.63. The van der Waals surface area contributed by atoms with E-state index < -0.39 is 0 Å². The van der Waals surface area contributed by atoms with Gasteiger partial charge in [-0.3, -0.25) is 0 Å². The van der Waals surface area contributed by atoms with Gasteiger partial charge in [-0.1, -0.05) is 12.2 Å². The zero-order valence-electron chi connectivity index (χ0n) is 5.83. The van der Waals surface area contributed by atoms with E-state index in [2.05, 4.69) is 4.98 Å². The lowest BCUT2D eigenvalue weighted by Crippen LogP contribution is -1.85. The van der Waals surface area contributed by atoms with Gasteiger partial charge in [0.05, 0.1) is 4.51 Å². The molecule has 0 spiro atoms. The summed E-state index contributed by atoms with van der Waals surface area (Å²) >= 11 is 7.17. The van der Waals surface area contributed by atoms with Crippen molar-refractivity contribution >= 4 is 24.0 Å². The van der Waals surface area contributed by atoms with Gasteiger partial charge in [0.15, 0.2) is 0 Å². The number of hydrogen-bond donors (Lipinski definition) is 1. The van der Waals surface area contributed by atoms with E-state index >= 15 is 0 Å². The van der Waals surface area contributed by atoms with Gasteiger partial charge in [-0.2, -0.15) is 0 Å². The summed E-state index contributed by atoms with van der Waals surface area (Å²) in [7, 11) is 0. The van der Waals surface area contributed by atoms with Crippen molar-refractivity contribution < 1.29 is 0 Å². The Morgan fingerprint density at radius 1 is 1.64 bits per heavy atom. The van der Waals surface area contributed by atoms with Gasteiger partial charge in [0.25, 0.3) is 0 Å². The van der Waals surface area contributed by atoms with Crippen LogP contribution in [0, 0.1) is 4.51 Å². The lowest BCUT2D eigenvalue weighted by Gasteiger charge is -1.99. The zero-order chi connectivity index (χ0) is 7.42. The minimum absolute atomic E-state index is 0.804. The average Bonchev–Trinajstić information content (AvgIpc) is 2.67. The summed E-state index contributed by atoms with van der Waals surface area (Å²) < 4.78 is 1.02. The van der Waals surface area contributed by atoms with E-state index in [0.29, 0.717) is 0 Å². The second kappa shape index (κ2) is 1.90. The van der Waals surface area contributed by atoms with Crippen LogP contribution in [0.2, 0.25) is 0 Å². The van der Waals surface area contributed by atoms with Crippen molar-refractivity contribution in [3.63, 3.8) is 0 Å². The van der Waals surface area contributed by atoms with Crippen molar-refractivity contribution in [2.24, 2.45) is 0 Å². The van der Waals surface area contributed by atoms with Crippen LogP contribution in [0.1, 0.15) is 18.0 Å². The standard InChI is InChI=1S/C8H7NS2/c10-5-1-2-9-7-4-3-6(4)11-8(5)7/h1-2,4,6H,3H2,(H,9,10). The van der Waals surface area contributed by atoms with Gasteiger partial charge in [0, 0.05) is 28.0 Å². The van der Waals surface area contributed by atoms with Gasteiger partial charge in [0.1, 0.15) is 0 Å². The molecular weight excluding hydrogens is 174 g/mol. The molecule has 3 rings (SSSR count). The molecule has 0 amide bonds. The molecule has 1 fully saturated rings. The van der Waals surface area contributed by atoms with Crippen LogP contribution >= 0.6 is 24.0 Å². The Labute approximate surface area is 74.2 Å². The zero-order valence-corrected chi connectivity index (χ0v) is 7.47. The van der Waals surface area contributed by atoms with Gasteiger partial charge in [-0.15, -0.1) is 11.8 Å². The molecule has 0 bridgehead atoms. The summed E-state index contributed by atoms with van der Waals surface area (Å²) in [5.41, 5.74) is 1.40. The maximum absolute atomic E-state index is 5.21. The van der Waals surface area contributed by atoms with E-state index in [1.807, 2.05) is 24.0 Å². The molecule has 1 aromatic rings. The van der Waals surface area contributed by atoms with Gasteiger partial charge in [0.2, 0.25) is 0 Å². The normalized spacial score (nSPS) is 31.3. The first-order valence-electron chi connectivity index (χ1n) is 3.74. The molecule has 0 saturated heterocycles. The van der Waals surface area contributed by atoms with Crippen LogP contribution in [-0.4, -0.2) is 10.2 Å². The predicted octanol–water partition coefficient (Wildman–Crippen LogP) is 2.71. The van der Waals surface area contributed by atoms with E-state index in [9.17, 15) is 0 Å². The molecule has 3 heteroatoms. The number of rotatable bonds is 0. The van der Waals surface area contributed by atoms with Crippen molar-refractivity contribution in [1.29, 1.82) is 0 Å². The van der Waals surface area contributed by atoms with Crippen molar-refractivity contribution in [2.75, 3.05) is 0 Å². The van der Waals surface area contributed by atoms with Gasteiger partial charge in [-0.05, 0) is 12.5 Å². The second-order valence-electron chi connectivity index (χ2n) is 3.08. The Morgan fingerprint density at radius 2 is 2.55 bits per heavy atom. The summed E-state index contributed by atoms with van der Waals surface area (Å²) in [5, 5.41) is 0.852. The largest absolute Gasteiger partial charge is 0.364 e. The van der Waals surface area contributed by atoms with E-state index in [0.717, 1.165) is 15.7 Å². The highest BCUT2D eigenvalue weighted by molar-refractivity contribution is 8.00. The van der Waals surface area contributed by atoms with Gasteiger partial charge in [-0.25, -0.2) is 0 Å². The van der Waals surface area contributed by atoms with Crippen molar-refractivity contribution in [3.05, 3.63) is 22.5 Å². The van der Waals surface area contributed by atoms with Crippen LogP contribution < -0.4 is 0 Å². The van der Waals surface area contributed by atoms with Gasteiger partial charge < -0.3 is 4.98 Å². The van der Waals surface area contributed by atoms with E-state index in [4.69, 9.17) is 12.2 Å². The Morgan fingerprint density at radius 3 is 3.36 bits per heavy atom. The fourth-order valence-electron chi connectivity index (χ4n) is 1.64. The third-order valence-electron chi connectivity index (χ3n) is 2.31. The van der Waals surface area contributed by atoms with Crippen LogP contribution in [0.5, 0.6) is 0 Å². The molecule has 11 heavy (non-hydrogen) atoms. The SMILES string of the molecule is S=c1cc[nH]c2c1SC1CC21. The highest BCUT2D eigenvalue weighted by Gasteiger charge is 2.47. The Bertz CT molecular complexity index is 369. The van der Waals surface area contributed by atoms with Crippen LogP contribution in [0.25, 0.3) is 0 Å². The lowest BCUT2D eigenvalue weighted by atomic mass is 10.2. The molecule has 1 saturated carbocycles. The molecule has 1 N–H and O–H groups in total. The first-order valence-corrected chi connectivity index (χ1v) is 5.03. The molecule has 2 heterocycles. The summed E-state index contributed by atoms with van der Waals surface area (Å²) in [6.07, 6.45) is 3.31. The third-order valence-corrected chi connectivity index (χ3v) is 4.28. The maximum atomic E-state index is 5.21. The first kappa shape index (κ1) is 6.26. The topological polar surface area (TPSA) is 15.8 Å². The summed E-state index contributed by atoms with van der Waals surface area (Å²) in [6, 6.07) is 1.98. The molecule has 2 unspecified atom stereocenters. The number of fused-ring (bicyclic) bond motifs is 3. The quantitative estimate of drug-likeness (QED) is 0.619. The van der Waals surface area contributed by atoms with Gasteiger partial charge >= 0.3 is 0 Å². The number of nitrogens with one attached hydrogen (secondary N) is 1. The fraction of sp³-hybridized carbons (Fsp3) is 0.375. The van der Waals surface area contributed by atoms with E-state index in [1.54, 1.807) is 0 Å².